The van der Waals surface area contributed by atoms with Crippen LogP contribution in [0.2, 0.25) is 0 Å². The molecular formula is C33H60O6. The lowest BCUT2D eigenvalue weighted by atomic mass is 10.1. The van der Waals surface area contributed by atoms with E-state index >= 15 is 0 Å². The van der Waals surface area contributed by atoms with Gasteiger partial charge in [-0.15, -0.1) is 0 Å². The van der Waals surface area contributed by atoms with Gasteiger partial charge in [0.05, 0.1) is 18.8 Å². The van der Waals surface area contributed by atoms with Crippen LogP contribution in [0, 0.1) is 0 Å². The van der Waals surface area contributed by atoms with Crippen molar-refractivity contribution in [2.75, 3.05) is 13.2 Å². The van der Waals surface area contributed by atoms with Crippen LogP contribution in [-0.4, -0.2) is 48.6 Å². The fourth-order valence-corrected chi connectivity index (χ4v) is 4.85. The number of carbonyl (C=O) groups excluding carboxylic acids is 2. The Morgan fingerprint density at radius 3 is 1.92 bits per heavy atom. The van der Waals surface area contributed by atoms with Crippen molar-refractivity contribution in [1.29, 1.82) is 0 Å². The molecule has 0 aromatic heterocycles. The van der Waals surface area contributed by atoms with Crippen LogP contribution in [-0.2, 0) is 23.8 Å². The van der Waals surface area contributed by atoms with Gasteiger partial charge in [-0.3, -0.25) is 9.59 Å². The first kappa shape index (κ1) is 35.6. The van der Waals surface area contributed by atoms with Gasteiger partial charge in [-0.05, 0) is 38.5 Å². The molecule has 1 rings (SSSR count). The minimum Gasteiger partial charge on any atom is -0.462 e. The molecular weight excluding hydrogens is 492 g/mol. The molecule has 6 heteroatoms. The number of unbranched alkanes of at least 4 members (excludes halogenated alkanes) is 15. The first-order valence-electron chi connectivity index (χ1n) is 16.4. The fourth-order valence-electron chi connectivity index (χ4n) is 4.85. The van der Waals surface area contributed by atoms with E-state index in [4.69, 9.17) is 14.2 Å². The van der Waals surface area contributed by atoms with E-state index in [0.29, 0.717) is 25.0 Å². The highest BCUT2D eigenvalue weighted by molar-refractivity contribution is 5.70. The van der Waals surface area contributed by atoms with Gasteiger partial charge in [-0.2, -0.15) is 0 Å². The molecule has 0 aromatic carbocycles. The molecule has 0 aliphatic carbocycles. The number of hydrogen-bond acceptors (Lipinski definition) is 6. The van der Waals surface area contributed by atoms with Gasteiger partial charge in [-0.1, -0.05) is 116 Å². The molecule has 0 spiro atoms. The van der Waals surface area contributed by atoms with Crippen molar-refractivity contribution >= 4 is 11.9 Å². The van der Waals surface area contributed by atoms with Crippen LogP contribution >= 0.6 is 0 Å². The highest BCUT2D eigenvalue weighted by Gasteiger charge is 2.36. The highest BCUT2D eigenvalue weighted by atomic mass is 16.6. The normalized spacial score (nSPS) is 17.4. The smallest absolute Gasteiger partial charge is 0.306 e. The molecule has 0 saturated carbocycles. The predicted molar refractivity (Wildman–Crippen MR) is 159 cm³/mol. The molecule has 1 fully saturated rings. The zero-order chi connectivity index (χ0) is 28.4. The van der Waals surface area contributed by atoms with Crippen molar-refractivity contribution < 1.29 is 28.9 Å². The Morgan fingerprint density at radius 1 is 0.718 bits per heavy atom. The lowest BCUT2D eigenvalue weighted by Crippen LogP contribution is -2.28. The number of epoxide rings is 1. The van der Waals surface area contributed by atoms with E-state index in [-0.39, 0.29) is 25.2 Å². The number of esters is 2. The van der Waals surface area contributed by atoms with Gasteiger partial charge < -0.3 is 19.3 Å². The summed E-state index contributed by atoms with van der Waals surface area (Å²) in [5, 5.41) is 9.48. The van der Waals surface area contributed by atoms with Crippen molar-refractivity contribution in [3.63, 3.8) is 0 Å². The third kappa shape index (κ3) is 22.0. The molecule has 0 aromatic rings. The Hall–Kier alpha value is -1.40. The average molecular weight is 553 g/mol. The van der Waals surface area contributed by atoms with Crippen molar-refractivity contribution in [3.05, 3.63) is 12.2 Å². The first-order chi connectivity index (χ1) is 19.1. The Labute approximate surface area is 239 Å². The minimum atomic E-state index is -0.774. The van der Waals surface area contributed by atoms with E-state index in [1.807, 2.05) is 0 Å². The van der Waals surface area contributed by atoms with Gasteiger partial charge in [-0.25, -0.2) is 0 Å². The molecule has 0 amide bonds. The van der Waals surface area contributed by atoms with E-state index in [0.717, 1.165) is 57.8 Å². The standard InChI is InChI=1S/C33H60O6/c1-3-5-7-8-9-10-14-17-21-25-32(35)37-28-29(27-34)38-33(36)26-22-18-15-12-11-13-16-20-24-31-30(39-31)23-19-6-4-2/h16,20,29-31,34H,3-15,17-19,21-28H2,1-2H3/b20-16+/t29-,30?,31?/m0/s1. The van der Waals surface area contributed by atoms with Gasteiger partial charge in [0.2, 0.25) is 0 Å². The summed E-state index contributed by atoms with van der Waals surface area (Å²) in [5.74, 6) is -0.614. The van der Waals surface area contributed by atoms with E-state index in [1.54, 1.807) is 0 Å². The second-order valence-electron chi connectivity index (χ2n) is 11.3. The third-order valence-corrected chi connectivity index (χ3v) is 7.48. The van der Waals surface area contributed by atoms with Crippen LogP contribution in [0.15, 0.2) is 12.2 Å². The Bertz CT molecular complexity index is 619. The average Bonchev–Trinajstić information content (AvgIpc) is 3.69. The van der Waals surface area contributed by atoms with Crippen molar-refractivity contribution in [2.24, 2.45) is 0 Å². The lowest BCUT2D eigenvalue weighted by molar-refractivity contribution is -0.161. The lowest BCUT2D eigenvalue weighted by Gasteiger charge is -2.15. The summed E-state index contributed by atoms with van der Waals surface area (Å²) in [4.78, 5) is 24.0. The molecule has 0 radical (unpaired) electrons. The number of aliphatic hydroxyl groups excluding tert-OH is 1. The number of ether oxygens (including phenoxy) is 3. The van der Waals surface area contributed by atoms with Crippen LogP contribution in [0.25, 0.3) is 0 Å². The molecule has 1 saturated heterocycles. The van der Waals surface area contributed by atoms with Gasteiger partial charge in [0.15, 0.2) is 6.10 Å². The molecule has 0 bridgehead atoms. The van der Waals surface area contributed by atoms with Crippen LogP contribution < -0.4 is 0 Å². The molecule has 1 aliphatic heterocycles. The minimum absolute atomic E-state index is 0.0710. The Balaban J connectivity index is 1.91. The van der Waals surface area contributed by atoms with Crippen molar-refractivity contribution in [2.45, 2.75) is 173 Å². The number of hydrogen-bond donors (Lipinski definition) is 1. The molecule has 1 aliphatic rings. The third-order valence-electron chi connectivity index (χ3n) is 7.48. The molecule has 1 N–H and O–H groups in total. The summed E-state index contributed by atoms with van der Waals surface area (Å²) in [5.41, 5.74) is 0. The summed E-state index contributed by atoms with van der Waals surface area (Å²) in [7, 11) is 0. The largest absolute Gasteiger partial charge is 0.462 e. The second-order valence-corrected chi connectivity index (χ2v) is 11.3. The quantitative estimate of drug-likeness (QED) is 0.0454. The van der Waals surface area contributed by atoms with E-state index in [9.17, 15) is 14.7 Å². The van der Waals surface area contributed by atoms with E-state index < -0.39 is 6.10 Å². The Morgan fingerprint density at radius 2 is 1.28 bits per heavy atom. The zero-order valence-electron chi connectivity index (χ0n) is 25.3. The van der Waals surface area contributed by atoms with Crippen LogP contribution in [0.3, 0.4) is 0 Å². The van der Waals surface area contributed by atoms with Crippen LogP contribution in [0.1, 0.15) is 155 Å². The molecule has 3 atom stereocenters. The Kier molecular flexibility index (Phi) is 23.3. The zero-order valence-corrected chi connectivity index (χ0v) is 25.3. The van der Waals surface area contributed by atoms with Crippen LogP contribution in [0.4, 0.5) is 0 Å². The molecule has 1 heterocycles. The molecule has 2 unspecified atom stereocenters. The maximum atomic E-state index is 12.1. The summed E-state index contributed by atoms with van der Waals surface area (Å²) in [6.07, 6.45) is 28.7. The highest BCUT2D eigenvalue weighted by Crippen LogP contribution is 2.30. The van der Waals surface area contributed by atoms with E-state index in [2.05, 4.69) is 26.0 Å². The summed E-state index contributed by atoms with van der Waals surface area (Å²) >= 11 is 0. The van der Waals surface area contributed by atoms with Crippen LogP contribution in [0.5, 0.6) is 0 Å². The second kappa shape index (κ2) is 25.6. The van der Waals surface area contributed by atoms with Crippen molar-refractivity contribution in [3.8, 4) is 0 Å². The van der Waals surface area contributed by atoms with Gasteiger partial charge >= 0.3 is 11.9 Å². The number of rotatable bonds is 28. The number of allylic oxidation sites excluding steroid dienone is 1. The molecule has 39 heavy (non-hydrogen) atoms. The monoisotopic (exact) mass is 552 g/mol. The number of carbonyl (C=O) groups is 2. The summed E-state index contributed by atoms with van der Waals surface area (Å²) < 4.78 is 16.2. The maximum absolute atomic E-state index is 12.1. The number of aliphatic hydroxyl groups is 1. The van der Waals surface area contributed by atoms with Gasteiger partial charge in [0.1, 0.15) is 6.61 Å². The van der Waals surface area contributed by atoms with Crippen molar-refractivity contribution in [1.82, 2.24) is 0 Å². The molecule has 6 nitrogen and oxygen atoms in total. The molecule has 228 valence electrons. The first-order valence-corrected chi connectivity index (χ1v) is 16.4. The van der Waals surface area contributed by atoms with E-state index in [1.165, 1.54) is 70.6 Å². The fraction of sp³-hybridized carbons (Fsp3) is 0.879. The predicted octanol–water partition coefficient (Wildman–Crippen LogP) is 8.38. The van der Waals surface area contributed by atoms with Gasteiger partial charge in [0.25, 0.3) is 0 Å². The topological polar surface area (TPSA) is 85.4 Å². The summed E-state index contributed by atoms with van der Waals surface area (Å²) in [6.45, 7) is 4.05. The van der Waals surface area contributed by atoms with Gasteiger partial charge in [0, 0.05) is 12.8 Å². The summed E-state index contributed by atoms with van der Waals surface area (Å²) in [6, 6.07) is 0. The maximum Gasteiger partial charge on any atom is 0.306 e. The SMILES string of the molecule is CCCCCCCCCCCC(=O)OC[C@H](CO)OC(=O)CCCCCCC/C=C/CC1OC1CCCCC.